The van der Waals surface area contributed by atoms with Crippen LogP contribution in [-0.4, -0.2) is 14.8 Å². The number of aromatic amines is 1. The van der Waals surface area contributed by atoms with Gasteiger partial charge in [-0.15, -0.1) is 0 Å². The number of fused-ring (bicyclic) bond motifs is 1. The summed E-state index contributed by atoms with van der Waals surface area (Å²) in [4.78, 5) is 12.7. The molecule has 0 saturated heterocycles. The molecule has 0 radical (unpaired) electrons. The maximum atomic E-state index is 12.7. The van der Waals surface area contributed by atoms with Gasteiger partial charge in [0.25, 0.3) is 5.56 Å². The van der Waals surface area contributed by atoms with E-state index >= 15 is 0 Å². The Labute approximate surface area is 138 Å². The van der Waals surface area contributed by atoms with Gasteiger partial charge in [0.15, 0.2) is 5.75 Å². The first-order valence-corrected chi connectivity index (χ1v) is 7.60. The predicted octanol–water partition coefficient (Wildman–Crippen LogP) is 3.72. The van der Waals surface area contributed by atoms with E-state index in [0.717, 1.165) is 22.3 Å². The van der Waals surface area contributed by atoms with Crippen molar-refractivity contribution in [2.24, 2.45) is 7.05 Å². The van der Waals surface area contributed by atoms with Crippen molar-refractivity contribution >= 4 is 11.0 Å². The summed E-state index contributed by atoms with van der Waals surface area (Å²) < 4.78 is 7.30. The maximum Gasteiger partial charge on any atom is 0.293 e. The Morgan fingerprint density at radius 1 is 1.00 bits per heavy atom. The molecule has 4 aromatic rings. The van der Waals surface area contributed by atoms with Crippen LogP contribution in [0.15, 0.2) is 71.5 Å². The number of pyridine rings is 1. The van der Waals surface area contributed by atoms with Crippen LogP contribution >= 0.6 is 0 Å². The predicted molar refractivity (Wildman–Crippen MR) is 93.3 cm³/mol. The number of ether oxygens (including phenoxy) is 1. The molecule has 0 atom stereocenters. The van der Waals surface area contributed by atoms with E-state index in [4.69, 9.17) is 4.74 Å². The van der Waals surface area contributed by atoms with E-state index in [0.29, 0.717) is 5.75 Å². The molecule has 2 aromatic heterocycles. The minimum atomic E-state index is -0.204. The van der Waals surface area contributed by atoms with Gasteiger partial charge in [-0.3, -0.25) is 9.89 Å². The lowest BCUT2D eigenvalue weighted by atomic mass is 10.1. The zero-order valence-corrected chi connectivity index (χ0v) is 13.1. The molecule has 1 N–H and O–H groups in total. The number of nitrogens with zero attached hydrogens (tertiary/aromatic N) is 2. The van der Waals surface area contributed by atoms with Gasteiger partial charge in [-0.2, -0.15) is 5.10 Å². The summed E-state index contributed by atoms with van der Waals surface area (Å²) in [7, 11) is 1.73. The molecule has 2 aromatic carbocycles. The summed E-state index contributed by atoms with van der Waals surface area (Å²) in [5, 5.41) is 7.37. The molecule has 0 spiro atoms. The van der Waals surface area contributed by atoms with E-state index in [1.165, 1.54) is 0 Å². The topological polar surface area (TPSA) is 59.9 Å². The van der Waals surface area contributed by atoms with Crippen molar-refractivity contribution < 1.29 is 4.74 Å². The van der Waals surface area contributed by atoms with Crippen LogP contribution in [0.5, 0.6) is 11.5 Å². The smallest absolute Gasteiger partial charge is 0.293 e. The second-order valence-corrected chi connectivity index (χ2v) is 5.49. The molecule has 0 aliphatic carbocycles. The van der Waals surface area contributed by atoms with Gasteiger partial charge >= 0.3 is 0 Å². The monoisotopic (exact) mass is 317 g/mol. The number of nitrogens with one attached hydrogen (secondary N) is 1. The molecular formula is C19H15N3O2. The standard InChI is InChI=1S/C19H15N3O2/c1-22-18-15(20-21-17(18)13-8-4-2-5-9-13)12-16(19(22)23)24-14-10-6-3-7-11-14/h2-12H,1H3,(H,20,21). The van der Waals surface area contributed by atoms with Gasteiger partial charge in [0.2, 0.25) is 0 Å². The molecule has 2 heterocycles. The van der Waals surface area contributed by atoms with E-state index in [9.17, 15) is 4.79 Å². The fourth-order valence-electron chi connectivity index (χ4n) is 2.74. The molecule has 0 aliphatic heterocycles. The van der Waals surface area contributed by atoms with E-state index in [1.54, 1.807) is 17.7 Å². The van der Waals surface area contributed by atoms with Crippen LogP contribution in [0.2, 0.25) is 0 Å². The van der Waals surface area contributed by atoms with Crippen molar-refractivity contribution in [2.45, 2.75) is 0 Å². The molecule has 0 unspecified atom stereocenters. The Kier molecular flexibility index (Phi) is 3.39. The summed E-state index contributed by atoms with van der Waals surface area (Å²) in [5.41, 5.74) is 3.00. The Balaban J connectivity index is 1.86. The molecule has 5 heteroatoms. The van der Waals surface area contributed by atoms with Crippen molar-refractivity contribution in [3.8, 4) is 22.8 Å². The van der Waals surface area contributed by atoms with Gasteiger partial charge in [-0.05, 0) is 12.1 Å². The summed E-state index contributed by atoms with van der Waals surface area (Å²) in [6, 6.07) is 20.7. The second kappa shape index (κ2) is 5.70. The number of aryl methyl sites for hydroxylation is 1. The molecule has 0 saturated carbocycles. The number of hydrogen-bond donors (Lipinski definition) is 1. The molecule has 0 amide bonds. The quantitative estimate of drug-likeness (QED) is 0.626. The highest BCUT2D eigenvalue weighted by atomic mass is 16.5. The van der Waals surface area contributed by atoms with Gasteiger partial charge in [0, 0.05) is 18.7 Å². The lowest BCUT2D eigenvalue weighted by Gasteiger charge is -2.08. The van der Waals surface area contributed by atoms with Gasteiger partial charge in [-0.1, -0.05) is 48.5 Å². The SMILES string of the molecule is Cn1c(=O)c(Oc2ccccc2)cc2[nH]nc(-c3ccccc3)c21. The maximum absolute atomic E-state index is 12.7. The van der Waals surface area contributed by atoms with Gasteiger partial charge in [-0.25, -0.2) is 0 Å². The van der Waals surface area contributed by atoms with Crippen LogP contribution in [0.1, 0.15) is 0 Å². The molecule has 5 nitrogen and oxygen atoms in total. The average Bonchev–Trinajstić information content (AvgIpc) is 3.05. The highest BCUT2D eigenvalue weighted by molar-refractivity contribution is 5.90. The van der Waals surface area contributed by atoms with Crippen LogP contribution in [0.3, 0.4) is 0 Å². The Morgan fingerprint density at radius 2 is 1.67 bits per heavy atom. The third kappa shape index (κ3) is 2.36. The number of hydrogen-bond acceptors (Lipinski definition) is 3. The Morgan fingerprint density at radius 3 is 2.38 bits per heavy atom. The highest BCUT2D eigenvalue weighted by Crippen LogP contribution is 2.27. The average molecular weight is 317 g/mol. The van der Waals surface area contributed by atoms with Crippen molar-refractivity contribution in [2.75, 3.05) is 0 Å². The summed E-state index contributed by atoms with van der Waals surface area (Å²) in [5.74, 6) is 0.885. The van der Waals surface area contributed by atoms with Gasteiger partial charge in [0.1, 0.15) is 11.4 Å². The van der Waals surface area contributed by atoms with Crippen molar-refractivity contribution in [1.82, 2.24) is 14.8 Å². The minimum Gasteiger partial charge on any atom is -0.451 e. The lowest BCUT2D eigenvalue weighted by Crippen LogP contribution is -2.18. The van der Waals surface area contributed by atoms with Crippen LogP contribution in [-0.2, 0) is 7.05 Å². The first-order chi connectivity index (χ1) is 11.7. The normalized spacial score (nSPS) is 10.9. The van der Waals surface area contributed by atoms with Crippen molar-refractivity contribution in [3.05, 3.63) is 77.1 Å². The van der Waals surface area contributed by atoms with E-state index in [-0.39, 0.29) is 11.3 Å². The van der Waals surface area contributed by atoms with Crippen LogP contribution < -0.4 is 10.3 Å². The van der Waals surface area contributed by atoms with E-state index < -0.39 is 0 Å². The zero-order valence-electron chi connectivity index (χ0n) is 13.1. The van der Waals surface area contributed by atoms with Gasteiger partial charge in [0.05, 0.1) is 11.0 Å². The number of para-hydroxylation sites is 1. The number of aromatic nitrogens is 3. The summed E-state index contributed by atoms with van der Waals surface area (Å²) >= 11 is 0. The summed E-state index contributed by atoms with van der Waals surface area (Å²) in [6.07, 6.45) is 0. The van der Waals surface area contributed by atoms with E-state index in [2.05, 4.69) is 10.2 Å². The van der Waals surface area contributed by atoms with Crippen molar-refractivity contribution in [1.29, 1.82) is 0 Å². The molecule has 0 aliphatic rings. The number of rotatable bonds is 3. The zero-order chi connectivity index (χ0) is 16.5. The fraction of sp³-hybridized carbons (Fsp3) is 0.0526. The third-order valence-corrected chi connectivity index (χ3v) is 3.91. The molecular weight excluding hydrogens is 302 g/mol. The van der Waals surface area contributed by atoms with Crippen LogP contribution in [0.4, 0.5) is 0 Å². The lowest BCUT2D eigenvalue weighted by molar-refractivity contribution is 0.472. The number of benzene rings is 2. The van der Waals surface area contributed by atoms with E-state index in [1.807, 2.05) is 60.7 Å². The first kappa shape index (κ1) is 14.3. The number of H-pyrrole nitrogens is 1. The molecule has 4 rings (SSSR count). The minimum absolute atomic E-state index is 0.204. The first-order valence-electron chi connectivity index (χ1n) is 7.60. The Hall–Kier alpha value is -3.34. The second-order valence-electron chi connectivity index (χ2n) is 5.49. The molecule has 24 heavy (non-hydrogen) atoms. The largest absolute Gasteiger partial charge is 0.451 e. The molecule has 0 fully saturated rings. The van der Waals surface area contributed by atoms with Crippen LogP contribution in [0, 0.1) is 0 Å². The Bertz CT molecular complexity index is 1050. The molecule has 118 valence electrons. The third-order valence-electron chi connectivity index (χ3n) is 3.91. The van der Waals surface area contributed by atoms with Crippen LogP contribution in [0.25, 0.3) is 22.3 Å². The summed E-state index contributed by atoms with van der Waals surface area (Å²) in [6.45, 7) is 0. The fourth-order valence-corrected chi connectivity index (χ4v) is 2.74. The van der Waals surface area contributed by atoms with Crippen molar-refractivity contribution in [3.63, 3.8) is 0 Å². The highest BCUT2D eigenvalue weighted by Gasteiger charge is 2.15. The van der Waals surface area contributed by atoms with Gasteiger partial charge < -0.3 is 9.30 Å². The molecule has 0 bridgehead atoms.